The zero-order valence-corrected chi connectivity index (χ0v) is 8.65. The Balaban J connectivity index is 0.000000845. The quantitative estimate of drug-likeness (QED) is 0.700. The van der Waals surface area contributed by atoms with Gasteiger partial charge in [-0.15, -0.1) is 12.4 Å². The second-order valence-corrected chi connectivity index (χ2v) is 3.85. The fourth-order valence-corrected chi connectivity index (χ4v) is 2.17. The Morgan fingerprint density at radius 1 is 1.38 bits per heavy atom. The van der Waals surface area contributed by atoms with Crippen LogP contribution in [0.4, 0.5) is 0 Å². The Hall–Kier alpha value is 0.170. The van der Waals surface area contributed by atoms with E-state index in [4.69, 9.17) is 15.2 Å². The minimum Gasteiger partial charge on any atom is -0.378 e. The summed E-state index contributed by atoms with van der Waals surface area (Å²) in [6.07, 6.45) is 4.86. The van der Waals surface area contributed by atoms with Gasteiger partial charge in [-0.1, -0.05) is 0 Å². The molecule has 2 aliphatic heterocycles. The molecule has 1 spiro atoms. The number of ether oxygens (including phenoxy) is 2. The minimum absolute atomic E-state index is 0. The predicted octanol–water partition coefficient (Wildman–Crippen LogP) is 1.10. The van der Waals surface area contributed by atoms with Crippen LogP contribution in [-0.4, -0.2) is 31.5 Å². The monoisotopic (exact) mass is 207 g/mol. The molecule has 2 N–H and O–H groups in total. The number of nitrogens with two attached hydrogens (primary N) is 1. The van der Waals surface area contributed by atoms with E-state index < -0.39 is 0 Å². The zero-order chi connectivity index (χ0) is 8.44. The van der Waals surface area contributed by atoms with Crippen molar-refractivity contribution in [1.82, 2.24) is 0 Å². The predicted molar refractivity (Wildman–Crippen MR) is 53.2 cm³/mol. The molecule has 0 aromatic heterocycles. The van der Waals surface area contributed by atoms with Crippen molar-refractivity contribution in [2.75, 3.05) is 19.8 Å². The normalized spacial score (nSPS) is 39.0. The van der Waals surface area contributed by atoms with E-state index in [1.807, 2.05) is 0 Å². The average Bonchev–Trinajstić information content (AvgIpc) is 2.53. The highest BCUT2D eigenvalue weighted by molar-refractivity contribution is 5.85. The first kappa shape index (κ1) is 11.2. The maximum Gasteiger partial charge on any atom is 0.0941 e. The van der Waals surface area contributed by atoms with Crippen LogP contribution in [0.3, 0.4) is 0 Å². The smallest absolute Gasteiger partial charge is 0.0941 e. The number of halogens is 1. The van der Waals surface area contributed by atoms with Crippen molar-refractivity contribution in [3.8, 4) is 0 Å². The first-order valence-electron chi connectivity index (χ1n) is 4.80. The first-order chi connectivity index (χ1) is 5.85. The molecule has 3 nitrogen and oxygen atoms in total. The summed E-state index contributed by atoms with van der Waals surface area (Å²) in [5.74, 6) is 0. The molecular formula is C9H18ClNO2. The molecule has 2 rings (SSSR count). The lowest BCUT2D eigenvalue weighted by atomic mass is 9.91. The largest absolute Gasteiger partial charge is 0.378 e. The van der Waals surface area contributed by atoms with Crippen molar-refractivity contribution < 1.29 is 9.47 Å². The molecule has 2 atom stereocenters. The third-order valence-corrected chi connectivity index (χ3v) is 2.91. The molecule has 2 saturated heterocycles. The van der Waals surface area contributed by atoms with E-state index >= 15 is 0 Å². The molecule has 78 valence electrons. The van der Waals surface area contributed by atoms with Gasteiger partial charge in [0.1, 0.15) is 0 Å². The van der Waals surface area contributed by atoms with Crippen LogP contribution in [0.25, 0.3) is 0 Å². The van der Waals surface area contributed by atoms with E-state index in [2.05, 4.69) is 0 Å². The second kappa shape index (κ2) is 4.60. The first-order valence-corrected chi connectivity index (χ1v) is 4.80. The molecule has 13 heavy (non-hydrogen) atoms. The molecule has 2 unspecified atom stereocenters. The van der Waals surface area contributed by atoms with Crippen LogP contribution in [0.2, 0.25) is 0 Å². The lowest BCUT2D eigenvalue weighted by Gasteiger charge is -2.37. The Bertz CT molecular complexity index is 160. The van der Waals surface area contributed by atoms with Gasteiger partial charge in [-0.05, 0) is 19.3 Å². The maximum atomic E-state index is 5.93. The highest BCUT2D eigenvalue weighted by atomic mass is 35.5. The molecule has 2 aliphatic rings. The van der Waals surface area contributed by atoms with Gasteiger partial charge in [0.15, 0.2) is 0 Å². The van der Waals surface area contributed by atoms with Crippen LogP contribution in [-0.2, 0) is 9.47 Å². The molecule has 0 bridgehead atoms. The second-order valence-electron chi connectivity index (χ2n) is 3.85. The van der Waals surface area contributed by atoms with E-state index in [9.17, 15) is 0 Å². The Morgan fingerprint density at radius 3 is 2.85 bits per heavy atom. The molecule has 0 aromatic carbocycles. The summed E-state index contributed by atoms with van der Waals surface area (Å²) in [7, 11) is 0. The van der Waals surface area contributed by atoms with E-state index in [0.717, 1.165) is 32.5 Å². The van der Waals surface area contributed by atoms with Crippen molar-refractivity contribution >= 4 is 12.4 Å². The van der Waals surface area contributed by atoms with E-state index in [0.29, 0.717) is 6.54 Å². The van der Waals surface area contributed by atoms with E-state index in [1.54, 1.807) is 0 Å². The van der Waals surface area contributed by atoms with Crippen molar-refractivity contribution in [3.63, 3.8) is 0 Å². The molecule has 0 aromatic rings. The van der Waals surface area contributed by atoms with Crippen LogP contribution in [0.1, 0.15) is 25.7 Å². The van der Waals surface area contributed by atoms with Gasteiger partial charge in [-0.3, -0.25) is 0 Å². The summed E-state index contributed by atoms with van der Waals surface area (Å²) in [6, 6.07) is 0. The van der Waals surface area contributed by atoms with Gasteiger partial charge in [0.25, 0.3) is 0 Å². The number of hydrogen-bond donors (Lipinski definition) is 1. The van der Waals surface area contributed by atoms with Crippen molar-refractivity contribution in [2.45, 2.75) is 37.4 Å². The third kappa shape index (κ3) is 2.34. The maximum absolute atomic E-state index is 5.93. The van der Waals surface area contributed by atoms with Crippen LogP contribution >= 0.6 is 12.4 Å². The minimum atomic E-state index is 0. The van der Waals surface area contributed by atoms with Gasteiger partial charge in [0.2, 0.25) is 0 Å². The standard InChI is InChI=1S/C9H17NO2.ClH/c10-6-8-2-1-3-9(12-8)4-5-11-7-9;/h8H,1-7,10H2;1H. The van der Waals surface area contributed by atoms with Crippen LogP contribution < -0.4 is 5.73 Å². The van der Waals surface area contributed by atoms with Crippen molar-refractivity contribution in [2.24, 2.45) is 5.73 Å². The average molecular weight is 208 g/mol. The molecule has 2 fully saturated rings. The lowest BCUT2D eigenvalue weighted by Crippen LogP contribution is -2.43. The SMILES string of the molecule is Cl.NCC1CCCC2(CCOC2)O1. The molecule has 2 heterocycles. The van der Waals surface area contributed by atoms with Crippen molar-refractivity contribution in [3.05, 3.63) is 0 Å². The van der Waals surface area contributed by atoms with Crippen LogP contribution in [0, 0.1) is 0 Å². The van der Waals surface area contributed by atoms with Gasteiger partial charge in [-0.2, -0.15) is 0 Å². The van der Waals surface area contributed by atoms with Crippen LogP contribution in [0.15, 0.2) is 0 Å². The summed E-state index contributed by atoms with van der Waals surface area (Å²) in [4.78, 5) is 0. The molecule has 0 saturated carbocycles. The highest BCUT2D eigenvalue weighted by Crippen LogP contribution is 2.34. The van der Waals surface area contributed by atoms with Gasteiger partial charge in [-0.25, -0.2) is 0 Å². The highest BCUT2D eigenvalue weighted by Gasteiger charge is 2.40. The third-order valence-electron chi connectivity index (χ3n) is 2.91. The van der Waals surface area contributed by atoms with Crippen LogP contribution in [0.5, 0.6) is 0 Å². The molecule has 0 radical (unpaired) electrons. The summed E-state index contributed by atoms with van der Waals surface area (Å²) in [5.41, 5.74) is 5.63. The number of hydrogen-bond acceptors (Lipinski definition) is 3. The van der Waals surface area contributed by atoms with Gasteiger partial charge >= 0.3 is 0 Å². The van der Waals surface area contributed by atoms with E-state index in [-0.39, 0.29) is 24.1 Å². The molecular weight excluding hydrogens is 190 g/mol. The Morgan fingerprint density at radius 2 is 2.23 bits per heavy atom. The fourth-order valence-electron chi connectivity index (χ4n) is 2.17. The Labute approximate surface area is 85.4 Å². The van der Waals surface area contributed by atoms with Gasteiger partial charge in [0, 0.05) is 19.6 Å². The summed E-state index contributed by atoms with van der Waals surface area (Å²) in [5, 5.41) is 0. The number of rotatable bonds is 1. The summed E-state index contributed by atoms with van der Waals surface area (Å²) in [6.45, 7) is 2.29. The molecule has 0 amide bonds. The molecule has 0 aliphatic carbocycles. The topological polar surface area (TPSA) is 44.5 Å². The summed E-state index contributed by atoms with van der Waals surface area (Å²) < 4.78 is 11.3. The van der Waals surface area contributed by atoms with Gasteiger partial charge < -0.3 is 15.2 Å². The zero-order valence-electron chi connectivity index (χ0n) is 7.83. The van der Waals surface area contributed by atoms with E-state index in [1.165, 1.54) is 6.42 Å². The summed E-state index contributed by atoms with van der Waals surface area (Å²) >= 11 is 0. The fraction of sp³-hybridized carbons (Fsp3) is 1.00. The lowest BCUT2D eigenvalue weighted by molar-refractivity contribution is -0.123. The molecule has 4 heteroatoms. The van der Waals surface area contributed by atoms with Crippen molar-refractivity contribution in [1.29, 1.82) is 0 Å². The Kier molecular flexibility index (Phi) is 3.98. The van der Waals surface area contributed by atoms with Gasteiger partial charge in [0.05, 0.1) is 18.3 Å².